The summed E-state index contributed by atoms with van der Waals surface area (Å²) in [5, 5.41) is 18.6. The summed E-state index contributed by atoms with van der Waals surface area (Å²) in [5.41, 5.74) is 1.03. The molecule has 17 heavy (non-hydrogen) atoms. The number of aliphatic hydroxyl groups is 2. The molecule has 0 amide bonds. The number of rotatable bonds is 6. The summed E-state index contributed by atoms with van der Waals surface area (Å²) in [5.74, 6) is 0.584. The van der Waals surface area contributed by atoms with Crippen LogP contribution in [0, 0.1) is 5.92 Å². The van der Waals surface area contributed by atoms with Crippen molar-refractivity contribution >= 4 is 0 Å². The van der Waals surface area contributed by atoms with Crippen LogP contribution in [-0.4, -0.2) is 49.5 Å². The molecule has 0 spiro atoms. The Hall–Kier alpha value is -1.10. The minimum absolute atomic E-state index is 0.0277. The van der Waals surface area contributed by atoms with E-state index in [0.29, 0.717) is 0 Å². The van der Waals surface area contributed by atoms with Crippen molar-refractivity contribution in [3.63, 3.8) is 0 Å². The average molecular weight is 239 g/mol. The molecule has 1 rings (SSSR count). The SMILES string of the molecule is COc1cccc([C@@H](C(CO)CO)N(C)C)c1. The fraction of sp³-hybridized carbons (Fsp3) is 0.538. The van der Waals surface area contributed by atoms with E-state index in [0.717, 1.165) is 11.3 Å². The van der Waals surface area contributed by atoms with Gasteiger partial charge < -0.3 is 19.8 Å². The summed E-state index contributed by atoms with van der Waals surface area (Å²) < 4.78 is 5.19. The quantitative estimate of drug-likeness (QED) is 0.774. The molecule has 96 valence electrons. The molecule has 0 bridgehead atoms. The summed E-state index contributed by atoms with van der Waals surface area (Å²) in [6.07, 6.45) is 0. The molecule has 2 N–H and O–H groups in total. The molecule has 4 heteroatoms. The first kappa shape index (κ1) is 14.0. The van der Waals surface area contributed by atoms with E-state index >= 15 is 0 Å². The van der Waals surface area contributed by atoms with Crippen molar-refractivity contribution in [3.8, 4) is 5.75 Å². The summed E-state index contributed by atoms with van der Waals surface area (Å²) in [6.45, 7) is -0.0902. The lowest BCUT2D eigenvalue weighted by molar-refractivity contribution is 0.0807. The number of nitrogens with zero attached hydrogens (tertiary/aromatic N) is 1. The first-order valence-electron chi connectivity index (χ1n) is 5.66. The Morgan fingerprint density at radius 2 is 1.88 bits per heavy atom. The van der Waals surface area contributed by atoms with Crippen LogP contribution in [0.25, 0.3) is 0 Å². The van der Waals surface area contributed by atoms with Crippen molar-refractivity contribution in [2.45, 2.75) is 6.04 Å². The van der Waals surface area contributed by atoms with Crippen LogP contribution in [0.4, 0.5) is 0 Å². The van der Waals surface area contributed by atoms with Gasteiger partial charge in [0, 0.05) is 25.2 Å². The van der Waals surface area contributed by atoms with E-state index in [2.05, 4.69) is 0 Å². The maximum Gasteiger partial charge on any atom is 0.119 e. The van der Waals surface area contributed by atoms with Crippen molar-refractivity contribution in [3.05, 3.63) is 29.8 Å². The average Bonchev–Trinajstić information content (AvgIpc) is 2.35. The van der Waals surface area contributed by atoms with Crippen LogP contribution >= 0.6 is 0 Å². The van der Waals surface area contributed by atoms with Gasteiger partial charge in [-0.25, -0.2) is 0 Å². The molecule has 0 aliphatic heterocycles. The highest BCUT2D eigenvalue weighted by Gasteiger charge is 2.24. The molecule has 0 unspecified atom stereocenters. The normalized spacial score (nSPS) is 13.1. The molecule has 0 saturated heterocycles. The van der Waals surface area contributed by atoms with Gasteiger partial charge in [-0.2, -0.15) is 0 Å². The minimum Gasteiger partial charge on any atom is -0.497 e. The highest BCUT2D eigenvalue weighted by molar-refractivity contribution is 5.31. The number of methoxy groups -OCH3 is 1. The van der Waals surface area contributed by atoms with Gasteiger partial charge >= 0.3 is 0 Å². The first-order chi connectivity index (χ1) is 8.13. The molecule has 0 aliphatic rings. The fourth-order valence-corrected chi connectivity index (χ4v) is 2.07. The van der Waals surface area contributed by atoms with Crippen molar-refractivity contribution in [1.82, 2.24) is 4.90 Å². The van der Waals surface area contributed by atoms with Gasteiger partial charge in [0.25, 0.3) is 0 Å². The molecule has 0 saturated carbocycles. The second-order valence-electron chi connectivity index (χ2n) is 4.31. The molecule has 0 heterocycles. The maximum absolute atomic E-state index is 9.32. The van der Waals surface area contributed by atoms with Crippen molar-refractivity contribution in [2.24, 2.45) is 5.92 Å². The third kappa shape index (κ3) is 3.43. The van der Waals surface area contributed by atoms with Crippen LogP contribution in [0.3, 0.4) is 0 Å². The molecular weight excluding hydrogens is 218 g/mol. The summed E-state index contributed by atoms with van der Waals surface area (Å²) in [6, 6.07) is 7.67. The van der Waals surface area contributed by atoms with E-state index < -0.39 is 0 Å². The van der Waals surface area contributed by atoms with Crippen LogP contribution in [0.2, 0.25) is 0 Å². The molecule has 0 aliphatic carbocycles. The highest BCUT2D eigenvalue weighted by Crippen LogP contribution is 2.28. The number of hydrogen-bond acceptors (Lipinski definition) is 4. The lowest BCUT2D eigenvalue weighted by atomic mass is 9.93. The lowest BCUT2D eigenvalue weighted by Gasteiger charge is -2.30. The third-order valence-corrected chi connectivity index (χ3v) is 2.91. The van der Waals surface area contributed by atoms with Gasteiger partial charge in [-0.05, 0) is 31.8 Å². The summed E-state index contributed by atoms with van der Waals surface area (Å²) in [4.78, 5) is 1.99. The van der Waals surface area contributed by atoms with Crippen LogP contribution in [0.15, 0.2) is 24.3 Å². The zero-order chi connectivity index (χ0) is 12.8. The van der Waals surface area contributed by atoms with Gasteiger partial charge in [-0.1, -0.05) is 12.1 Å². The fourth-order valence-electron chi connectivity index (χ4n) is 2.07. The smallest absolute Gasteiger partial charge is 0.119 e. The van der Waals surface area contributed by atoms with E-state index in [1.54, 1.807) is 7.11 Å². The van der Waals surface area contributed by atoms with Crippen molar-refractivity contribution in [2.75, 3.05) is 34.4 Å². The first-order valence-corrected chi connectivity index (χ1v) is 5.66. The van der Waals surface area contributed by atoms with E-state index in [1.807, 2.05) is 43.3 Å². The Labute approximate surface area is 102 Å². The Bertz CT molecular complexity index is 337. The van der Waals surface area contributed by atoms with Gasteiger partial charge in [0.05, 0.1) is 7.11 Å². The van der Waals surface area contributed by atoms with Crippen molar-refractivity contribution < 1.29 is 14.9 Å². The van der Waals surface area contributed by atoms with Crippen LogP contribution in [0.5, 0.6) is 5.75 Å². The zero-order valence-electron chi connectivity index (χ0n) is 10.6. The van der Waals surface area contributed by atoms with Gasteiger partial charge in [0.1, 0.15) is 5.75 Å². The number of ether oxygens (including phenoxy) is 1. The zero-order valence-corrected chi connectivity index (χ0v) is 10.6. The molecule has 0 aromatic heterocycles. The predicted molar refractivity (Wildman–Crippen MR) is 67.1 cm³/mol. The molecule has 0 radical (unpaired) electrons. The molecule has 1 aromatic carbocycles. The molecule has 0 fully saturated rings. The summed E-state index contributed by atoms with van der Waals surface area (Å²) >= 11 is 0. The van der Waals surface area contributed by atoms with Crippen LogP contribution in [-0.2, 0) is 0 Å². The topological polar surface area (TPSA) is 52.9 Å². The van der Waals surface area contributed by atoms with Gasteiger partial charge in [0.2, 0.25) is 0 Å². The molecule has 1 aromatic rings. The van der Waals surface area contributed by atoms with E-state index in [-0.39, 0.29) is 25.2 Å². The Morgan fingerprint density at radius 3 is 2.35 bits per heavy atom. The second kappa shape index (κ2) is 6.59. The number of benzene rings is 1. The standard InChI is InChI=1S/C13H21NO3/c1-14(2)13(11(8-15)9-16)10-5-4-6-12(7-10)17-3/h4-7,11,13,15-16H,8-9H2,1-3H3/t13-/m0/s1. The van der Waals surface area contributed by atoms with Crippen LogP contribution in [0.1, 0.15) is 11.6 Å². The highest BCUT2D eigenvalue weighted by atomic mass is 16.5. The third-order valence-electron chi connectivity index (χ3n) is 2.91. The predicted octanol–water partition coefficient (Wildman–Crippen LogP) is 0.899. The monoisotopic (exact) mass is 239 g/mol. The van der Waals surface area contributed by atoms with Crippen molar-refractivity contribution in [1.29, 1.82) is 0 Å². The van der Waals surface area contributed by atoms with Crippen LogP contribution < -0.4 is 4.74 Å². The minimum atomic E-state index is -0.197. The Kier molecular flexibility index (Phi) is 5.41. The van der Waals surface area contributed by atoms with Gasteiger partial charge in [-0.15, -0.1) is 0 Å². The number of hydrogen-bond donors (Lipinski definition) is 2. The van der Waals surface area contributed by atoms with Gasteiger partial charge in [0.15, 0.2) is 0 Å². The van der Waals surface area contributed by atoms with Gasteiger partial charge in [-0.3, -0.25) is 0 Å². The van der Waals surface area contributed by atoms with E-state index in [9.17, 15) is 10.2 Å². The van der Waals surface area contributed by atoms with E-state index in [1.165, 1.54) is 0 Å². The molecule has 1 atom stereocenters. The Morgan fingerprint density at radius 1 is 1.24 bits per heavy atom. The summed E-state index contributed by atoms with van der Waals surface area (Å²) in [7, 11) is 5.49. The largest absolute Gasteiger partial charge is 0.497 e. The Balaban J connectivity index is 3.04. The molecule has 4 nitrogen and oxygen atoms in total. The lowest BCUT2D eigenvalue weighted by Crippen LogP contribution is -2.31. The maximum atomic E-state index is 9.32. The molecular formula is C13H21NO3. The number of aliphatic hydroxyl groups excluding tert-OH is 2. The van der Waals surface area contributed by atoms with E-state index in [4.69, 9.17) is 4.74 Å². The second-order valence-corrected chi connectivity index (χ2v) is 4.31.